The van der Waals surface area contributed by atoms with E-state index in [0.29, 0.717) is 29.5 Å². The Kier molecular flexibility index (Phi) is 5.44. The fourth-order valence-electron chi connectivity index (χ4n) is 3.08. The quantitative estimate of drug-likeness (QED) is 0.403. The van der Waals surface area contributed by atoms with Gasteiger partial charge in [0.1, 0.15) is 0 Å². The molecule has 8 nitrogen and oxygen atoms in total. The first-order valence-electron chi connectivity index (χ1n) is 9.32. The highest BCUT2D eigenvalue weighted by Gasteiger charge is 2.12. The molecule has 152 valence electrons. The predicted molar refractivity (Wildman–Crippen MR) is 118 cm³/mol. The summed E-state index contributed by atoms with van der Waals surface area (Å²) in [4.78, 5) is 27.0. The number of benzene rings is 1. The van der Waals surface area contributed by atoms with Crippen molar-refractivity contribution in [3.63, 3.8) is 0 Å². The van der Waals surface area contributed by atoms with Crippen molar-refractivity contribution in [1.82, 2.24) is 19.9 Å². The molecule has 0 aliphatic heterocycles. The molecule has 4 rings (SSSR count). The lowest BCUT2D eigenvalue weighted by atomic mass is 10.1. The molecule has 0 bridgehead atoms. The van der Waals surface area contributed by atoms with Crippen molar-refractivity contribution in [1.29, 1.82) is 0 Å². The third-order valence-electron chi connectivity index (χ3n) is 4.50. The minimum atomic E-state index is -3.11. The number of hydrogen-bond donors (Lipinski definition) is 3. The summed E-state index contributed by atoms with van der Waals surface area (Å²) in [5.41, 5.74) is 9.97. The van der Waals surface area contributed by atoms with Gasteiger partial charge < -0.3 is 15.9 Å². The standard InChI is InChI=1S/C21H21N6O2P/c1-30(28,29)13-14-4-6-16(7-5-14)18-12-24-19(22)21(27-18)26-11-15-9-17-3-2-8-23-20(17)25-10-15/h2-10,12H,11,13H2,1H3,(H2,22,24)(H,26,27)(H,28,29). The van der Waals surface area contributed by atoms with Gasteiger partial charge in [0.25, 0.3) is 0 Å². The second-order valence-corrected chi connectivity index (χ2v) is 9.56. The number of pyridine rings is 2. The first-order valence-corrected chi connectivity index (χ1v) is 11.6. The first-order chi connectivity index (χ1) is 14.4. The van der Waals surface area contributed by atoms with E-state index >= 15 is 0 Å². The van der Waals surface area contributed by atoms with Crippen LogP contribution in [-0.2, 0) is 17.3 Å². The maximum absolute atomic E-state index is 11.6. The van der Waals surface area contributed by atoms with E-state index in [4.69, 9.17) is 5.73 Å². The molecule has 1 unspecified atom stereocenters. The maximum atomic E-state index is 11.6. The average Bonchev–Trinajstić information content (AvgIpc) is 2.72. The molecular weight excluding hydrogens is 399 g/mol. The summed E-state index contributed by atoms with van der Waals surface area (Å²) in [5, 5.41) is 4.18. The molecule has 0 fully saturated rings. The lowest BCUT2D eigenvalue weighted by Crippen LogP contribution is -2.07. The summed E-state index contributed by atoms with van der Waals surface area (Å²) in [6, 6.07) is 13.2. The highest BCUT2D eigenvalue weighted by molar-refractivity contribution is 7.56. The van der Waals surface area contributed by atoms with Crippen molar-refractivity contribution in [2.24, 2.45) is 0 Å². The SMILES string of the molecule is CP(=O)(O)Cc1ccc(-c2cnc(N)c(NCc3cnc4ncccc4c3)n2)cc1. The largest absolute Gasteiger partial charge is 0.381 e. The highest BCUT2D eigenvalue weighted by Crippen LogP contribution is 2.39. The lowest BCUT2D eigenvalue weighted by molar-refractivity contribution is 0.484. The Morgan fingerprint density at radius 3 is 2.63 bits per heavy atom. The molecule has 0 saturated carbocycles. The molecule has 30 heavy (non-hydrogen) atoms. The summed E-state index contributed by atoms with van der Waals surface area (Å²) in [6.07, 6.45) is 5.23. The average molecular weight is 420 g/mol. The Balaban J connectivity index is 1.52. The van der Waals surface area contributed by atoms with Gasteiger partial charge in [-0.15, -0.1) is 0 Å². The molecule has 1 atom stereocenters. The van der Waals surface area contributed by atoms with Crippen LogP contribution < -0.4 is 11.1 Å². The maximum Gasteiger partial charge on any atom is 0.201 e. The number of rotatable bonds is 6. The van der Waals surface area contributed by atoms with Crippen LogP contribution in [0.1, 0.15) is 11.1 Å². The molecule has 0 amide bonds. The Bertz CT molecular complexity index is 1240. The number of anilines is 2. The van der Waals surface area contributed by atoms with E-state index < -0.39 is 7.37 Å². The van der Waals surface area contributed by atoms with Gasteiger partial charge in [0.2, 0.25) is 7.37 Å². The van der Waals surface area contributed by atoms with Crippen molar-refractivity contribution in [2.45, 2.75) is 12.7 Å². The van der Waals surface area contributed by atoms with E-state index in [1.165, 1.54) is 6.66 Å². The fourth-order valence-corrected chi connectivity index (χ4v) is 3.97. The van der Waals surface area contributed by atoms with Gasteiger partial charge in [-0.1, -0.05) is 24.3 Å². The van der Waals surface area contributed by atoms with Gasteiger partial charge in [-0.2, -0.15) is 0 Å². The Hall–Kier alpha value is -3.35. The van der Waals surface area contributed by atoms with Gasteiger partial charge in [0.05, 0.1) is 11.9 Å². The Morgan fingerprint density at radius 2 is 1.87 bits per heavy atom. The van der Waals surface area contributed by atoms with Crippen LogP contribution in [0.5, 0.6) is 0 Å². The smallest absolute Gasteiger partial charge is 0.201 e. The van der Waals surface area contributed by atoms with Crippen LogP contribution in [-0.4, -0.2) is 31.5 Å². The lowest BCUT2D eigenvalue weighted by Gasteiger charge is -2.11. The second kappa shape index (κ2) is 8.18. The van der Waals surface area contributed by atoms with Crippen molar-refractivity contribution < 1.29 is 9.46 Å². The molecule has 0 saturated heterocycles. The molecule has 0 aliphatic rings. The van der Waals surface area contributed by atoms with Crippen molar-refractivity contribution in [3.8, 4) is 11.3 Å². The van der Waals surface area contributed by atoms with Gasteiger partial charge in [-0.3, -0.25) is 4.57 Å². The van der Waals surface area contributed by atoms with Gasteiger partial charge in [0, 0.05) is 42.7 Å². The summed E-state index contributed by atoms with van der Waals surface area (Å²) in [5.74, 6) is 0.786. The minimum absolute atomic E-state index is 0.142. The summed E-state index contributed by atoms with van der Waals surface area (Å²) in [7, 11) is -3.11. The van der Waals surface area contributed by atoms with Crippen LogP contribution >= 0.6 is 7.37 Å². The molecule has 3 heterocycles. The number of nitrogen functional groups attached to an aromatic ring is 1. The Morgan fingerprint density at radius 1 is 1.07 bits per heavy atom. The van der Waals surface area contributed by atoms with Crippen LogP contribution in [0.4, 0.5) is 11.6 Å². The number of nitrogens with zero attached hydrogens (tertiary/aromatic N) is 4. The zero-order chi connectivity index (χ0) is 21.1. The third kappa shape index (κ3) is 4.79. The zero-order valence-electron chi connectivity index (χ0n) is 16.4. The van der Waals surface area contributed by atoms with Crippen LogP contribution in [0.3, 0.4) is 0 Å². The number of hydrogen-bond acceptors (Lipinski definition) is 7. The van der Waals surface area contributed by atoms with E-state index in [-0.39, 0.29) is 6.16 Å². The summed E-state index contributed by atoms with van der Waals surface area (Å²) >= 11 is 0. The number of nitrogens with one attached hydrogen (secondary N) is 1. The van der Waals surface area contributed by atoms with Crippen LogP contribution in [0.25, 0.3) is 22.3 Å². The second-order valence-electron chi connectivity index (χ2n) is 7.14. The summed E-state index contributed by atoms with van der Waals surface area (Å²) < 4.78 is 11.6. The third-order valence-corrected chi connectivity index (χ3v) is 5.45. The van der Waals surface area contributed by atoms with Gasteiger partial charge >= 0.3 is 0 Å². The molecule has 0 aliphatic carbocycles. The van der Waals surface area contributed by atoms with E-state index in [1.54, 1.807) is 18.6 Å². The van der Waals surface area contributed by atoms with Crippen molar-refractivity contribution in [2.75, 3.05) is 17.7 Å². The van der Waals surface area contributed by atoms with E-state index in [0.717, 1.165) is 22.1 Å². The monoisotopic (exact) mass is 420 g/mol. The number of aromatic nitrogens is 4. The van der Waals surface area contributed by atoms with Crippen molar-refractivity contribution in [3.05, 3.63) is 72.2 Å². The molecule has 1 aromatic carbocycles. The number of nitrogens with two attached hydrogens (primary N) is 1. The fraction of sp³-hybridized carbons (Fsp3) is 0.143. The van der Waals surface area contributed by atoms with Gasteiger partial charge in [-0.05, 0) is 29.3 Å². The molecule has 0 radical (unpaired) electrons. The molecule has 4 aromatic rings. The minimum Gasteiger partial charge on any atom is -0.381 e. The first kappa shape index (κ1) is 19.9. The van der Waals surface area contributed by atoms with E-state index in [9.17, 15) is 9.46 Å². The molecular formula is C21H21N6O2P. The van der Waals surface area contributed by atoms with Crippen LogP contribution in [0, 0.1) is 0 Å². The highest BCUT2D eigenvalue weighted by atomic mass is 31.2. The molecule has 0 spiro atoms. The van der Waals surface area contributed by atoms with Crippen molar-refractivity contribution >= 4 is 30.0 Å². The predicted octanol–water partition coefficient (Wildman–Crippen LogP) is 3.68. The molecule has 9 heteroatoms. The van der Waals surface area contributed by atoms with E-state index in [1.807, 2.05) is 42.5 Å². The zero-order valence-corrected chi connectivity index (χ0v) is 17.3. The normalized spacial score (nSPS) is 13.1. The number of fused-ring (bicyclic) bond motifs is 1. The van der Waals surface area contributed by atoms with Gasteiger partial charge in [-0.25, -0.2) is 19.9 Å². The van der Waals surface area contributed by atoms with E-state index in [2.05, 4.69) is 25.3 Å². The summed E-state index contributed by atoms with van der Waals surface area (Å²) in [6.45, 7) is 1.84. The van der Waals surface area contributed by atoms with Gasteiger partial charge in [0.15, 0.2) is 17.3 Å². The van der Waals surface area contributed by atoms with Crippen LogP contribution in [0.15, 0.2) is 61.1 Å². The topological polar surface area (TPSA) is 127 Å². The molecule has 3 aromatic heterocycles. The Labute approximate surface area is 173 Å². The van der Waals surface area contributed by atoms with Crippen LogP contribution in [0.2, 0.25) is 0 Å². The molecule has 4 N–H and O–H groups in total.